The molecule has 3 aliphatic heterocycles. The van der Waals surface area contributed by atoms with E-state index in [1.807, 2.05) is 0 Å². The van der Waals surface area contributed by atoms with Crippen LogP contribution in [0.4, 0.5) is 14.0 Å². The quantitative estimate of drug-likeness (QED) is 0.129. The summed E-state index contributed by atoms with van der Waals surface area (Å²) < 4.78 is 57.9. The van der Waals surface area contributed by atoms with Crippen molar-refractivity contribution >= 4 is 51.8 Å². The lowest BCUT2D eigenvalue weighted by atomic mass is 10.1. The predicted molar refractivity (Wildman–Crippen MR) is 191 cm³/mol. The number of likely N-dealkylation sites (tertiary alicyclic amines) is 1. The van der Waals surface area contributed by atoms with Gasteiger partial charge in [0.15, 0.2) is 6.10 Å². The Bertz CT molecular complexity index is 1950. The van der Waals surface area contributed by atoms with Gasteiger partial charge < -0.3 is 35.1 Å². The first-order valence-corrected chi connectivity index (χ1v) is 19.8. The molecule has 0 bridgehead atoms. The molecule has 0 aromatic heterocycles. The Kier molecular flexibility index (Phi) is 11.1. The third-order valence-corrected chi connectivity index (χ3v) is 12.0. The Labute approximate surface area is 322 Å². The molecule has 4 fully saturated rings. The number of benzene rings is 1. The third kappa shape index (κ3) is 8.89. The van der Waals surface area contributed by atoms with Crippen LogP contribution in [0.25, 0.3) is 0 Å². The lowest BCUT2D eigenvalue weighted by Gasteiger charge is -2.30. The number of esters is 1. The first-order valence-electron chi connectivity index (χ1n) is 18.3. The van der Waals surface area contributed by atoms with Gasteiger partial charge in [-0.05, 0) is 51.7 Å². The molecule has 0 spiro atoms. The SMILES string of the molecule is C=CC1CC1(NC(=O)[C@@H]1CC(OC(=O)N2Cc3cccc(F)c3C2)CN1C(=O)[C@H](CNC(=O)[C@H]1CCC(=O)O1)NC(=O)OC(C)(C)C)C(=O)NS(=O)(=O)C1CC1. The van der Waals surface area contributed by atoms with E-state index in [4.69, 9.17) is 14.2 Å². The van der Waals surface area contributed by atoms with Gasteiger partial charge in [-0.2, -0.15) is 0 Å². The fourth-order valence-corrected chi connectivity index (χ4v) is 8.36. The second-order valence-corrected chi connectivity index (χ2v) is 17.6. The van der Waals surface area contributed by atoms with E-state index in [1.165, 1.54) is 23.1 Å². The van der Waals surface area contributed by atoms with Crippen LogP contribution in [0.3, 0.4) is 0 Å². The van der Waals surface area contributed by atoms with Crippen molar-refractivity contribution in [3.05, 3.63) is 47.8 Å². The van der Waals surface area contributed by atoms with Gasteiger partial charge in [-0.15, -0.1) is 6.58 Å². The smallest absolute Gasteiger partial charge is 0.410 e. The van der Waals surface area contributed by atoms with Gasteiger partial charge in [0.1, 0.15) is 35.1 Å². The second kappa shape index (κ2) is 15.3. The van der Waals surface area contributed by atoms with Crippen molar-refractivity contribution in [2.24, 2.45) is 5.92 Å². The van der Waals surface area contributed by atoms with E-state index in [2.05, 4.69) is 27.3 Å². The molecule has 18 nitrogen and oxygen atoms in total. The summed E-state index contributed by atoms with van der Waals surface area (Å²) >= 11 is 0. The molecule has 4 N–H and O–H groups in total. The highest BCUT2D eigenvalue weighted by atomic mass is 32.2. The molecule has 6 amide bonds. The number of hydrogen-bond acceptors (Lipinski definition) is 12. The van der Waals surface area contributed by atoms with E-state index in [0.29, 0.717) is 24.0 Å². The summed E-state index contributed by atoms with van der Waals surface area (Å²) in [7, 11) is -4.00. The fourth-order valence-electron chi connectivity index (χ4n) is 7.00. The standard InChI is InChI=1S/C36H45FN6O12S/c1-5-20-14-36(20,32(48)41-56(51,52)22-9-10-22)40-29(45)26-13-21(53-34(50)42-16-19-7-6-8-24(37)23(19)18-42)17-43(26)31(47)25(39-33(49)55-35(2,3)4)15-38-30(46)27-11-12-28(44)54-27/h5-8,20-22,25-27H,1,9-18H2,2-4H3,(H,38,46)(H,39,49)(H,40,45)(H,41,48)/t20?,21?,25-,26-,27+,36?/m0/s1. The molecule has 2 saturated carbocycles. The van der Waals surface area contributed by atoms with Crippen LogP contribution in [-0.4, -0.2) is 114 Å². The average Bonchev–Trinajstić information content (AvgIpc) is 3.94. The maximum Gasteiger partial charge on any atom is 0.410 e. The van der Waals surface area contributed by atoms with Gasteiger partial charge in [0.05, 0.1) is 18.3 Å². The molecule has 3 heterocycles. The van der Waals surface area contributed by atoms with Crippen LogP contribution in [0.2, 0.25) is 0 Å². The molecule has 1 aromatic rings. The van der Waals surface area contributed by atoms with Gasteiger partial charge in [-0.3, -0.25) is 33.6 Å². The summed E-state index contributed by atoms with van der Waals surface area (Å²) in [5, 5.41) is 6.80. The summed E-state index contributed by atoms with van der Waals surface area (Å²) in [5.74, 6) is -5.24. The largest absolute Gasteiger partial charge is 0.452 e. The zero-order valence-corrected chi connectivity index (χ0v) is 31.9. The van der Waals surface area contributed by atoms with Gasteiger partial charge in [0, 0.05) is 43.8 Å². The first-order chi connectivity index (χ1) is 26.3. The lowest BCUT2D eigenvalue weighted by Crippen LogP contribution is -2.60. The minimum atomic E-state index is -4.00. The van der Waals surface area contributed by atoms with E-state index in [1.54, 1.807) is 26.8 Å². The number of fused-ring (bicyclic) bond motifs is 1. The van der Waals surface area contributed by atoms with Crippen molar-refractivity contribution in [1.29, 1.82) is 0 Å². The minimum absolute atomic E-state index is 0.0124. The van der Waals surface area contributed by atoms with Gasteiger partial charge in [0.2, 0.25) is 21.8 Å². The summed E-state index contributed by atoms with van der Waals surface area (Å²) in [6.07, 6.45) is -2.14. The number of sulfonamides is 1. The molecular formula is C36H45FN6O12S. The van der Waals surface area contributed by atoms with Crippen molar-refractivity contribution in [1.82, 2.24) is 30.5 Å². The maximum atomic E-state index is 14.4. The van der Waals surface area contributed by atoms with E-state index in [9.17, 15) is 46.4 Å². The number of halogens is 1. The van der Waals surface area contributed by atoms with Crippen LogP contribution < -0.4 is 20.7 Å². The second-order valence-electron chi connectivity index (χ2n) is 15.6. The van der Waals surface area contributed by atoms with Crippen LogP contribution in [0, 0.1) is 11.7 Å². The number of alkyl carbamates (subject to hydrolysis) is 1. The number of carbonyl (C=O) groups excluding carboxylic acids is 7. The predicted octanol–water partition coefficient (Wildman–Crippen LogP) is 0.632. The topological polar surface area (TPSA) is 236 Å². The molecular weight excluding hydrogens is 759 g/mol. The third-order valence-electron chi connectivity index (χ3n) is 10.2. The number of cyclic esters (lactones) is 1. The van der Waals surface area contributed by atoms with Crippen molar-refractivity contribution < 1.29 is 60.6 Å². The Hall–Kier alpha value is -5.27. The Morgan fingerprint density at radius 3 is 2.45 bits per heavy atom. The zero-order chi connectivity index (χ0) is 40.7. The first kappa shape index (κ1) is 40.4. The van der Waals surface area contributed by atoms with E-state index in [0.717, 1.165) is 4.90 Å². The Balaban J connectivity index is 1.23. The number of ether oxygens (including phenoxy) is 3. The normalized spacial score (nSPS) is 26.0. The number of amides is 6. The summed E-state index contributed by atoms with van der Waals surface area (Å²) in [5.41, 5.74) is -1.80. The molecule has 1 aromatic carbocycles. The summed E-state index contributed by atoms with van der Waals surface area (Å²) in [4.78, 5) is 95.1. The lowest BCUT2D eigenvalue weighted by molar-refractivity contribution is -0.148. The van der Waals surface area contributed by atoms with Gasteiger partial charge >= 0.3 is 18.2 Å². The maximum absolute atomic E-state index is 14.4. The van der Waals surface area contributed by atoms with Gasteiger partial charge in [0.25, 0.3) is 11.8 Å². The molecule has 0 radical (unpaired) electrons. The van der Waals surface area contributed by atoms with Crippen LogP contribution in [0.1, 0.15) is 70.4 Å². The highest BCUT2D eigenvalue weighted by Crippen LogP contribution is 2.45. The molecule has 2 aliphatic carbocycles. The number of rotatable bonds is 12. The van der Waals surface area contributed by atoms with E-state index in [-0.39, 0.29) is 38.8 Å². The molecule has 56 heavy (non-hydrogen) atoms. The minimum Gasteiger partial charge on any atom is -0.452 e. The summed E-state index contributed by atoms with van der Waals surface area (Å²) in [6, 6.07) is 1.44. The molecule has 3 unspecified atom stereocenters. The van der Waals surface area contributed by atoms with Crippen molar-refractivity contribution in [2.45, 2.75) is 113 Å². The van der Waals surface area contributed by atoms with Gasteiger partial charge in [-0.1, -0.05) is 18.2 Å². The van der Waals surface area contributed by atoms with Crippen LogP contribution in [0.5, 0.6) is 0 Å². The number of hydrogen-bond donors (Lipinski definition) is 4. The van der Waals surface area contributed by atoms with Crippen LogP contribution in [0.15, 0.2) is 30.9 Å². The van der Waals surface area contributed by atoms with Gasteiger partial charge in [-0.25, -0.2) is 22.4 Å². The number of nitrogens with one attached hydrogen (secondary N) is 4. The molecule has 304 valence electrons. The Morgan fingerprint density at radius 2 is 1.84 bits per heavy atom. The zero-order valence-electron chi connectivity index (χ0n) is 31.1. The molecule has 6 rings (SSSR count). The number of carbonyl (C=O) groups is 7. The molecule has 20 heteroatoms. The highest BCUT2D eigenvalue weighted by Gasteiger charge is 2.62. The Morgan fingerprint density at radius 1 is 1.11 bits per heavy atom. The fraction of sp³-hybridized carbons (Fsp3) is 0.583. The monoisotopic (exact) mass is 804 g/mol. The van der Waals surface area contributed by atoms with Crippen LogP contribution in [-0.2, 0) is 61.3 Å². The average molecular weight is 805 g/mol. The summed E-state index contributed by atoms with van der Waals surface area (Å²) in [6.45, 7) is 7.49. The molecule has 5 aliphatic rings. The van der Waals surface area contributed by atoms with Crippen molar-refractivity contribution in [3.8, 4) is 0 Å². The van der Waals surface area contributed by atoms with Crippen LogP contribution >= 0.6 is 0 Å². The van der Waals surface area contributed by atoms with E-state index >= 15 is 0 Å². The van der Waals surface area contributed by atoms with E-state index < -0.39 is 117 Å². The molecule has 6 atom stereocenters. The highest BCUT2D eigenvalue weighted by molar-refractivity contribution is 7.91. The molecule has 2 saturated heterocycles. The van der Waals surface area contributed by atoms with Crippen molar-refractivity contribution in [2.75, 3.05) is 13.1 Å². The number of nitrogens with zero attached hydrogens (tertiary/aromatic N) is 2. The van der Waals surface area contributed by atoms with Crippen molar-refractivity contribution in [3.63, 3.8) is 0 Å².